The SMILES string of the molecule is S=C(NCc1ccc2c(c1)OCO2)NN=C1CCC(c2ccccc2)CC1. The van der Waals surface area contributed by atoms with Crippen LogP contribution in [-0.4, -0.2) is 17.6 Å². The molecular formula is C21H23N3O2S. The topological polar surface area (TPSA) is 54.9 Å². The Morgan fingerprint density at radius 1 is 1.04 bits per heavy atom. The molecule has 1 aliphatic heterocycles. The highest BCUT2D eigenvalue weighted by molar-refractivity contribution is 7.80. The number of nitrogens with zero attached hydrogens (tertiary/aromatic N) is 1. The summed E-state index contributed by atoms with van der Waals surface area (Å²) in [7, 11) is 0. The second-order valence-electron chi connectivity index (χ2n) is 6.85. The van der Waals surface area contributed by atoms with Crippen molar-refractivity contribution in [3.63, 3.8) is 0 Å². The summed E-state index contributed by atoms with van der Waals surface area (Å²) >= 11 is 5.34. The zero-order valence-corrected chi connectivity index (χ0v) is 15.9. The largest absolute Gasteiger partial charge is 0.454 e. The van der Waals surface area contributed by atoms with E-state index in [1.54, 1.807) is 0 Å². The third-order valence-corrected chi connectivity index (χ3v) is 5.27. The Labute approximate surface area is 164 Å². The van der Waals surface area contributed by atoms with Gasteiger partial charge < -0.3 is 14.8 Å². The van der Waals surface area contributed by atoms with E-state index in [4.69, 9.17) is 21.7 Å². The molecule has 2 aromatic rings. The molecule has 0 aromatic heterocycles. The molecule has 0 bridgehead atoms. The summed E-state index contributed by atoms with van der Waals surface area (Å²) in [5.41, 5.74) is 6.69. The van der Waals surface area contributed by atoms with Gasteiger partial charge in [-0.15, -0.1) is 0 Å². The molecule has 0 saturated heterocycles. The highest BCUT2D eigenvalue weighted by Crippen LogP contribution is 2.32. The van der Waals surface area contributed by atoms with Gasteiger partial charge in [0.25, 0.3) is 0 Å². The van der Waals surface area contributed by atoms with Crippen LogP contribution in [0.25, 0.3) is 0 Å². The van der Waals surface area contributed by atoms with Crippen molar-refractivity contribution in [1.82, 2.24) is 10.7 Å². The first kappa shape index (κ1) is 17.8. The van der Waals surface area contributed by atoms with Gasteiger partial charge in [-0.05, 0) is 67.1 Å². The van der Waals surface area contributed by atoms with Crippen LogP contribution in [0, 0.1) is 0 Å². The molecule has 1 saturated carbocycles. The van der Waals surface area contributed by atoms with Crippen LogP contribution in [0.5, 0.6) is 11.5 Å². The summed E-state index contributed by atoms with van der Waals surface area (Å²) in [5, 5.41) is 8.21. The maximum Gasteiger partial charge on any atom is 0.231 e. The zero-order chi connectivity index (χ0) is 18.5. The molecule has 140 valence electrons. The molecular weight excluding hydrogens is 358 g/mol. The Morgan fingerprint density at radius 3 is 2.63 bits per heavy atom. The van der Waals surface area contributed by atoms with E-state index in [9.17, 15) is 0 Å². The molecule has 2 aromatic carbocycles. The first-order valence-corrected chi connectivity index (χ1v) is 9.71. The van der Waals surface area contributed by atoms with E-state index in [1.807, 2.05) is 18.2 Å². The lowest BCUT2D eigenvalue weighted by Crippen LogP contribution is -2.32. The number of nitrogens with one attached hydrogen (secondary N) is 2. The molecule has 2 N–H and O–H groups in total. The molecule has 1 heterocycles. The van der Waals surface area contributed by atoms with Gasteiger partial charge in [0.15, 0.2) is 16.6 Å². The number of hydrazone groups is 1. The molecule has 1 aliphatic carbocycles. The van der Waals surface area contributed by atoms with Crippen molar-refractivity contribution in [2.24, 2.45) is 5.10 Å². The summed E-state index contributed by atoms with van der Waals surface area (Å²) < 4.78 is 10.7. The van der Waals surface area contributed by atoms with Crippen molar-refractivity contribution < 1.29 is 9.47 Å². The van der Waals surface area contributed by atoms with Crippen LogP contribution in [0.4, 0.5) is 0 Å². The van der Waals surface area contributed by atoms with Crippen molar-refractivity contribution in [2.45, 2.75) is 38.1 Å². The Balaban J connectivity index is 1.22. The van der Waals surface area contributed by atoms with Crippen LogP contribution >= 0.6 is 12.2 Å². The molecule has 0 radical (unpaired) electrons. The Hall–Kier alpha value is -2.60. The monoisotopic (exact) mass is 381 g/mol. The van der Waals surface area contributed by atoms with Gasteiger partial charge in [0, 0.05) is 12.3 Å². The Bertz CT molecular complexity index is 829. The van der Waals surface area contributed by atoms with Gasteiger partial charge in [0.05, 0.1) is 0 Å². The summed E-state index contributed by atoms with van der Waals surface area (Å²) in [5.74, 6) is 2.21. The van der Waals surface area contributed by atoms with E-state index in [-0.39, 0.29) is 6.79 Å². The van der Waals surface area contributed by atoms with Gasteiger partial charge in [-0.2, -0.15) is 5.10 Å². The summed E-state index contributed by atoms with van der Waals surface area (Å²) in [4.78, 5) is 0. The number of hydrogen-bond acceptors (Lipinski definition) is 4. The van der Waals surface area contributed by atoms with E-state index in [1.165, 1.54) is 11.3 Å². The smallest absolute Gasteiger partial charge is 0.231 e. The quantitative estimate of drug-likeness (QED) is 0.617. The van der Waals surface area contributed by atoms with Gasteiger partial charge >= 0.3 is 0 Å². The van der Waals surface area contributed by atoms with Crippen LogP contribution in [-0.2, 0) is 6.54 Å². The van der Waals surface area contributed by atoms with E-state index in [0.29, 0.717) is 17.6 Å². The van der Waals surface area contributed by atoms with Gasteiger partial charge in [0.2, 0.25) is 6.79 Å². The highest BCUT2D eigenvalue weighted by Gasteiger charge is 2.19. The van der Waals surface area contributed by atoms with E-state index < -0.39 is 0 Å². The number of benzene rings is 2. The second-order valence-corrected chi connectivity index (χ2v) is 7.25. The third-order valence-electron chi connectivity index (χ3n) is 5.04. The lowest BCUT2D eigenvalue weighted by molar-refractivity contribution is 0.174. The lowest BCUT2D eigenvalue weighted by atomic mass is 9.83. The zero-order valence-electron chi connectivity index (χ0n) is 15.1. The van der Waals surface area contributed by atoms with Crippen molar-refractivity contribution >= 4 is 23.0 Å². The second kappa shape index (κ2) is 8.39. The molecule has 27 heavy (non-hydrogen) atoms. The first-order chi connectivity index (χ1) is 13.3. The van der Waals surface area contributed by atoms with Gasteiger partial charge in [-0.3, -0.25) is 5.43 Å². The van der Waals surface area contributed by atoms with Gasteiger partial charge in [-0.1, -0.05) is 36.4 Å². The maximum atomic E-state index is 5.39. The number of fused-ring (bicyclic) bond motifs is 1. The van der Waals surface area contributed by atoms with Crippen molar-refractivity contribution in [1.29, 1.82) is 0 Å². The Morgan fingerprint density at radius 2 is 1.81 bits per heavy atom. The van der Waals surface area contributed by atoms with Crippen LogP contribution in [0.3, 0.4) is 0 Å². The van der Waals surface area contributed by atoms with Crippen molar-refractivity contribution in [3.05, 3.63) is 59.7 Å². The fourth-order valence-electron chi connectivity index (χ4n) is 3.52. The van der Waals surface area contributed by atoms with Crippen LogP contribution in [0.15, 0.2) is 53.6 Å². The minimum absolute atomic E-state index is 0.287. The molecule has 2 aliphatic rings. The van der Waals surface area contributed by atoms with Crippen molar-refractivity contribution in [3.8, 4) is 11.5 Å². The standard InChI is InChI=1S/C21H23N3O2S/c27-21(22-13-15-6-11-19-20(12-15)26-14-25-19)24-23-18-9-7-17(8-10-18)16-4-2-1-3-5-16/h1-6,11-12,17H,7-10,13-14H2,(H2,22,24,27). The van der Waals surface area contributed by atoms with E-state index >= 15 is 0 Å². The van der Waals surface area contributed by atoms with Crippen molar-refractivity contribution in [2.75, 3.05) is 6.79 Å². The number of thiocarbonyl (C=S) groups is 1. The molecule has 0 unspecified atom stereocenters. The predicted molar refractivity (Wildman–Crippen MR) is 110 cm³/mol. The molecule has 1 fully saturated rings. The Kier molecular flexibility index (Phi) is 5.53. The molecule has 4 rings (SSSR count). The third kappa shape index (κ3) is 4.57. The molecule has 0 atom stereocenters. The lowest BCUT2D eigenvalue weighted by Gasteiger charge is -2.23. The molecule has 6 heteroatoms. The fourth-order valence-corrected chi connectivity index (χ4v) is 3.64. The number of hydrogen-bond donors (Lipinski definition) is 2. The van der Waals surface area contributed by atoms with Crippen LogP contribution < -0.4 is 20.2 Å². The maximum absolute atomic E-state index is 5.39. The van der Waals surface area contributed by atoms with Crippen LogP contribution in [0.2, 0.25) is 0 Å². The number of rotatable bonds is 4. The first-order valence-electron chi connectivity index (χ1n) is 9.31. The van der Waals surface area contributed by atoms with Gasteiger partial charge in [-0.25, -0.2) is 0 Å². The average Bonchev–Trinajstić information content (AvgIpc) is 3.19. The average molecular weight is 382 g/mol. The fraction of sp³-hybridized carbons (Fsp3) is 0.333. The summed E-state index contributed by atoms with van der Waals surface area (Å²) in [6, 6.07) is 16.6. The van der Waals surface area contributed by atoms with E-state index in [2.05, 4.69) is 46.2 Å². The minimum Gasteiger partial charge on any atom is -0.454 e. The predicted octanol–water partition coefficient (Wildman–Crippen LogP) is 4.09. The molecule has 0 spiro atoms. The summed E-state index contributed by atoms with van der Waals surface area (Å²) in [6.07, 6.45) is 4.30. The van der Waals surface area contributed by atoms with Crippen LogP contribution in [0.1, 0.15) is 42.7 Å². The number of ether oxygens (including phenoxy) is 2. The van der Waals surface area contributed by atoms with E-state index in [0.717, 1.165) is 42.7 Å². The molecule has 5 nitrogen and oxygen atoms in total. The normalized spacial score (nSPS) is 18.1. The van der Waals surface area contributed by atoms with Gasteiger partial charge in [0.1, 0.15) is 0 Å². The molecule has 0 amide bonds. The highest BCUT2D eigenvalue weighted by atomic mass is 32.1. The minimum atomic E-state index is 0.287. The summed E-state index contributed by atoms with van der Waals surface area (Å²) in [6.45, 7) is 0.901.